The third-order valence-electron chi connectivity index (χ3n) is 4.37. The number of carbonyl (C=O) groups excluding carboxylic acids is 1. The van der Waals surface area contributed by atoms with Gasteiger partial charge in [-0.15, -0.1) is 0 Å². The normalized spacial score (nSPS) is 26.2. The van der Waals surface area contributed by atoms with Gasteiger partial charge in [0.2, 0.25) is 5.91 Å². The number of hydrogen-bond donors (Lipinski definition) is 1. The van der Waals surface area contributed by atoms with Gasteiger partial charge in [0.25, 0.3) is 0 Å². The van der Waals surface area contributed by atoms with Gasteiger partial charge in [0.1, 0.15) is 0 Å². The second kappa shape index (κ2) is 4.97. The van der Waals surface area contributed by atoms with Crippen LogP contribution in [0, 0.1) is 11.8 Å². The lowest BCUT2D eigenvalue weighted by Crippen LogP contribution is -2.33. The summed E-state index contributed by atoms with van der Waals surface area (Å²) in [6.45, 7) is 7.57. The highest BCUT2D eigenvalue weighted by molar-refractivity contribution is 5.97. The Morgan fingerprint density at radius 1 is 1.26 bits per heavy atom. The highest BCUT2D eigenvalue weighted by Crippen LogP contribution is 2.40. The molecule has 102 valence electrons. The summed E-state index contributed by atoms with van der Waals surface area (Å²) in [6, 6.07) is 8.24. The Balaban J connectivity index is 1.78. The molecule has 1 N–H and O–H groups in total. The van der Waals surface area contributed by atoms with Crippen molar-refractivity contribution in [3.8, 4) is 0 Å². The van der Waals surface area contributed by atoms with Gasteiger partial charge in [-0.05, 0) is 30.5 Å². The number of nitrogens with one attached hydrogen (secondary N) is 1. The lowest BCUT2D eigenvalue weighted by Gasteiger charge is -2.26. The maximum atomic E-state index is 12.2. The van der Waals surface area contributed by atoms with Crippen LogP contribution in [-0.4, -0.2) is 30.4 Å². The van der Waals surface area contributed by atoms with E-state index in [0.717, 1.165) is 31.2 Å². The molecular formula is C16H22N2O. The molecule has 19 heavy (non-hydrogen) atoms. The Labute approximate surface area is 115 Å². The minimum Gasteiger partial charge on any atom is -0.326 e. The van der Waals surface area contributed by atoms with Crippen molar-refractivity contribution in [3.63, 3.8) is 0 Å². The van der Waals surface area contributed by atoms with E-state index in [2.05, 4.69) is 36.2 Å². The van der Waals surface area contributed by atoms with E-state index < -0.39 is 0 Å². The first kappa shape index (κ1) is 12.7. The molecule has 2 heterocycles. The summed E-state index contributed by atoms with van der Waals surface area (Å²) in [7, 11) is 0. The molecule has 1 aromatic rings. The maximum Gasteiger partial charge on any atom is 0.229 e. The van der Waals surface area contributed by atoms with E-state index in [1.807, 2.05) is 12.1 Å². The van der Waals surface area contributed by atoms with Crippen molar-refractivity contribution in [2.45, 2.75) is 26.2 Å². The molecule has 2 aliphatic rings. The van der Waals surface area contributed by atoms with E-state index >= 15 is 0 Å². The van der Waals surface area contributed by atoms with Gasteiger partial charge in [0.05, 0.1) is 5.92 Å². The van der Waals surface area contributed by atoms with Crippen LogP contribution in [0.5, 0.6) is 0 Å². The average Bonchev–Trinajstić information content (AvgIpc) is 2.81. The molecule has 0 spiro atoms. The molecule has 2 atom stereocenters. The van der Waals surface area contributed by atoms with Crippen LogP contribution < -0.4 is 5.32 Å². The lowest BCUT2D eigenvalue weighted by atomic mass is 9.84. The molecule has 0 saturated carbocycles. The second-order valence-electron chi connectivity index (χ2n) is 6.23. The quantitative estimate of drug-likeness (QED) is 0.904. The topological polar surface area (TPSA) is 32.3 Å². The third kappa shape index (κ3) is 2.39. The predicted octanol–water partition coefficient (Wildman–Crippen LogP) is 2.70. The first-order valence-corrected chi connectivity index (χ1v) is 7.27. The Morgan fingerprint density at radius 3 is 2.79 bits per heavy atom. The van der Waals surface area contributed by atoms with Crippen molar-refractivity contribution in [2.24, 2.45) is 11.8 Å². The second-order valence-corrected chi connectivity index (χ2v) is 6.23. The number of rotatable bonds is 3. The van der Waals surface area contributed by atoms with E-state index in [1.54, 1.807) is 0 Å². The summed E-state index contributed by atoms with van der Waals surface area (Å²) < 4.78 is 0. The number of anilines is 1. The monoisotopic (exact) mass is 258 g/mol. The first-order chi connectivity index (χ1) is 9.15. The maximum absolute atomic E-state index is 12.2. The molecule has 2 unspecified atom stereocenters. The van der Waals surface area contributed by atoms with Gasteiger partial charge in [-0.1, -0.05) is 32.0 Å². The number of benzene rings is 1. The fourth-order valence-electron chi connectivity index (χ4n) is 3.25. The van der Waals surface area contributed by atoms with Crippen LogP contribution in [0.25, 0.3) is 0 Å². The van der Waals surface area contributed by atoms with Crippen LogP contribution in [-0.2, 0) is 4.79 Å². The molecule has 3 heteroatoms. The summed E-state index contributed by atoms with van der Waals surface area (Å²) in [6.07, 6.45) is 1.21. The Morgan fingerprint density at radius 2 is 2.00 bits per heavy atom. The van der Waals surface area contributed by atoms with Gasteiger partial charge in [-0.25, -0.2) is 0 Å². The molecule has 0 aromatic heterocycles. The summed E-state index contributed by atoms with van der Waals surface area (Å²) in [5.74, 6) is 1.46. The van der Waals surface area contributed by atoms with Crippen LogP contribution in [0.4, 0.5) is 5.69 Å². The van der Waals surface area contributed by atoms with Crippen LogP contribution >= 0.6 is 0 Å². The van der Waals surface area contributed by atoms with Crippen LogP contribution in [0.3, 0.4) is 0 Å². The van der Waals surface area contributed by atoms with Gasteiger partial charge in [-0.3, -0.25) is 4.79 Å². The lowest BCUT2D eigenvalue weighted by molar-refractivity contribution is -0.120. The highest BCUT2D eigenvalue weighted by atomic mass is 16.2. The highest BCUT2D eigenvalue weighted by Gasteiger charge is 2.42. The number of nitrogens with zero attached hydrogens (tertiary/aromatic N) is 1. The van der Waals surface area contributed by atoms with E-state index in [4.69, 9.17) is 0 Å². The van der Waals surface area contributed by atoms with Gasteiger partial charge in [0.15, 0.2) is 0 Å². The van der Waals surface area contributed by atoms with Crippen molar-refractivity contribution < 1.29 is 4.79 Å². The summed E-state index contributed by atoms with van der Waals surface area (Å²) in [5.41, 5.74) is 2.33. The number of para-hydroxylation sites is 1. The summed E-state index contributed by atoms with van der Waals surface area (Å²) in [5, 5.41) is 3.05. The summed E-state index contributed by atoms with van der Waals surface area (Å²) >= 11 is 0. The number of carbonyl (C=O) groups is 1. The largest absolute Gasteiger partial charge is 0.326 e. The number of fused-ring (bicyclic) bond motifs is 3. The average molecular weight is 258 g/mol. The molecule has 0 aliphatic carbocycles. The molecule has 0 radical (unpaired) electrons. The van der Waals surface area contributed by atoms with Crippen molar-refractivity contribution in [2.75, 3.05) is 25.0 Å². The number of hydrogen-bond acceptors (Lipinski definition) is 2. The molecule has 1 saturated heterocycles. The molecule has 3 nitrogen and oxygen atoms in total. The molecule has 1 aromatic carbocycles. The Bertz CT molecular complexity index is 483. The molecule has 1 fully saturated rings. The van der Waals surface area contributed by atoms with Gasteiger partial charge in [-0.2, -0.15) is 0 Å². The van der Waals surface area contributed by atoms with Crippen molar-refractivity contribution in [3.05, 3.63) is 29.8 Å². The van der Waals surface area contributed by atoms with Crippen LogP contribution in [0.1, 0.15) is 31.7 Å². The Kier molecular flexibility index (Phi) is 3.31. The number of likely N-dealkylation sites (tertiary alicyclic amines) is 1. The number of amides is 1. The van der Waals surface area contributed by atoms with Crippen LogP contribution in [0.2, 0.25) is 0 Å². The minimum absolute atomic E-state index is 0.141. The van der Waals surface area contributed by atoms with E-state index in [-0.39, 0.29) is 11.8 Å². The van der Waals surface area contributed by atoms with E-state index in [0.29, 0.717) is 5.92 Å². The summed E-state index contributed by atoms with van der Waals surface area (Å²) in [4.78, 5) is 14.6. The first-order valence-electron chi connectivity index (χ1n) is 7.27. The zero-order chi connectivity index (χ0) is 13.4. The standard InChI is InChI=1S/C16H22N2O/c1-11(2)7-8-18-9-13-12-5-3-4-6-15(12)17-16(19)14(13)10-18/h3-6,11,13-14H,7-10H2,1-2H3,(H,17,19). The van der Waals surface area contributed by atoms with Gasteiger partial charge in [0, 0.05) is 24.7 Å². The zero-order valence-electron chi connectivity index (χ0n) is 11.7. The predicted molar refractivity (Wildman–Crippen MR) is 77.2 cm³/mol. The van der Waals surface area contributed by atoms with Crippen LogP contribution in [0.15, 0.2) is 24.3 Å². The molecule has 3 rings (SSSR count). The third-order valence-corrected chi connectivity index (χ3v) is 4.37. The molecular weight excluding hydrogens is 236 g/mol. The molecule has 2 aliphatic heterocycles. The smallest absolute Gasteiger partial charge is 0.229 e. The molecule has 1 amide bonds. The van der Waals surface area contributed by atoms with Gasteiger partial charge >= 0.3 is 0 Å². The van der Waals surface area contributed by atoms with Crippen molar-refractivity contribution in [1.29, 1.82) is 0 Å². The van der Waals surface area contributed by atoms with E-state index in [1.165, 1.54) is 12.0 Å². The van der Waals surface area contributed by atoms with Crippen molar-refractivity contribution >= 4 is 11.6 Å². The van der Waals surface area contributed by atoms with Gasteiger partial charge < -0.3 is 10.2 Å². The fourth-order valence-corrected chi connectivity index (χ4v) is 3.25. The fraction of sp³-hybridized carbons (Fsp3) is 0.562. The molecule has 0 bridgehead atoms. The van der Waals surface area contributed by atoms with E-state index in [9.17, 15) is 4.79 Å². The van der Waals surface area contributed by atoms with Crippen molar-refractivity contribution in [1.82, 2.24) is 4.90 Å². The SMILES string of the molecule is CC(C)CCN1CC2C(=O)Nc3ccccc3C2C1. The Hall–Kier alpha value is -1.35. The minimum atomic E-state index is 0.141. The zero-order valence-corrected chi connectivity index (χ0v) is 11.7.